The average Bonchev–Trinajstić information content (AvgIpc) is 2.48. The van der Waals surface area contributed by atoms with Crippen molar-refractivity contribution in [2.45, 2.75) is 0 Å². The van der Waals surface area contributed by atoms with Crippen LogP contribution in [0, 0.1) is 5.41 Å². The number of hydrogen-bond donors (Lipinski definition) is 2. The molecule has 0 spiro atoms. The van der Waals surface area contributed by atoms with Crippen LogP contribution in [-0.4, -0.2) is 10.8 Å². The summed E-state index contributed by atoms with van der Waals surface area (Å²) in [7, 11) is 0. The number of amidine groups is 1. The lowest BCUT2D eigenvalue weighted by atomic mass is 10.1. The molecule has 0 atom stereocenters. The van der Waals surface area contributed by atoms with Crippen LogP contribution < -0.4 is 10.5 Å². The van der Waals surface area contributed by atoms with Crippen LogP contribution in [0.4, 0.5) is 0 Å². The summed E-state index contributed by atoms with van der Waals surface area (Å²) in [4.78, 5) is 4.07. The van der Waals surface area contributed by atoms with Crippen molar-refractivity contribution in [1.29, 1.82) is 5.41 Å². The van der Waals surface area contributed by atoms with Gasteiger partial charge in [0.2, 0.25) is 0 Å². The number of fused-ring (bicyclic) bond motifs is 1. The third-order valence-corrected chi connectivity index (χ3v) is 3.52. The summed E-state index contributed by atoms with van der Waals surface area (Å²) in [5.41, 5.74) is 5.85. The highest BCUT2D eigenvalue weighted by Crippen LogP contribution is 2.28. The minimum atomic E-state index is -0.115. The van der Waals surface area contributed by atoms with E-state index in [9.17, 15) is 0 Å². The molecule has 4 nitrogen and oxygen atoms in total. The fourth-order valence-electron chi connectivity index (χ4n) is 2.06. The zero-order chi connectivity index (χ0) is 14.8. The Labute approximate surface area is 130 Å². The molecule has 0 fully saturated rings. The van der Waals surface area contributed by atoms with E-state index in [0.717, 1.165) is 15.2 Å². The van der Waals surface area contributed by atoms with Crippen LogP contribution in [0.1, 0.15) is 5.69 Å². The van der Waals surface area contributed by atoms with E-state index in [0.29, 0.717) is 17.2 Å². The van der Waals surface area contributed by atoms with Gasteiger partial charge in [0, 0.05) is 10.7 Å². The molecule has 2 aromatic carbocycles. The standard InChI is InChI=1S/C16H12BrN3O/c17-12-5-3-11-9-13(6-4-10(11)8-12)21-14-2-1-7-20-15(14)16(18)19/h1-9H,(H3,18,19). The van der Waals surface area contributed by atoms with Crippen molar-refractivity contribution in [3.63, 3.8) is 0 Å². The fourth-order valence-corrected chi connectivity index (χ4v) is 2.44. The van der Waals surface area contributed by atoms with Crippen LogP contribution in [0.15, 0.2) is 59.2 Å². The monoisotopic (exact) mass is 341 g/mol. The second-order valence-corrected chi connectivity index (χ2v) is 5.43. The molecule has 0 amide bonds. The van der Waals surface area contributed by atoms with Crippen molar-refractivity contribution in [3.8, 4) is 11.5 Å². The topological polar surface area (TPSA) is 72.0 Å². The van der Waals surface area contributed by atoms with Gasteiger partial charge in [0.1, 0.15) is 17.3 Å². The lowest BCUT2D eigenvalue weighted by Crippen LogP contribution is -2.14. The number of hydrogen-bond acceptors (Lipinski definition) is 3. The number of halogens is 1. The SMILES string of the molecule is N=C(N)c1ncccc1Oc1ccc2cc(Br)ccc2c1. The number of nitrogens with zero attached hydrogens (tertiary/aromatic N) is 1. The zero-order valence-corrected chi connectivity index (χ0v) is 12.6. The summed E-state index contributed by atoms with van der Waals surface area (Å²) in [5, 5.41) is 9.72. The van der Waals surface area contributed by atoms with Crippen molar-refractivity contribution < 1.29 is 4.74 Å². The molecule has 0 saturated carbocycles. The van der Waals surface area contributed by atoms with Crippen molar-refractivity contribution in [2.75, 3.05) is 0 Å². The van der Waals surface area contributed by atoms with Crippen LogP contribution in [0.2, 0.25) is 0 Å². The molecule has 0 aliphatic rings. The lowest BCUT2D eigenvalue weighted by molar-refractivity contribution is 0.479. The van der Waals surface area contributed by atoms with Gasteiger partial charge in [-0.15, -0.1) is 0 Å². The Morgan fingerprint density at radius 3 is 2.67 bits per heavy atom. The smallest absolute Gasteiger partial charge is 0.156 e. The summed E-state index contributed by atoms with van der Waals surface area (Å²) in [6, 6.07) is 15.3. The molecule has 0 saturated heterocycles. The van der Waals surface area contributed by atoms with E-state index in [4.69, 9.17) is 15.9 Å². The van der Waals surface area contributed by atoms with Gasteiger partial charge in [-0.05, 0) is 47.2 Å². The van der Waals surface area contributed by atoms with Gasteiger partial charge in [0.15, 0.2) is 5.75 Å². The van der Waals surface area contributed by atoms with Crippen molar-refractivity contribution in [1.82, 2.24) is 4.98 Å². The van der Waals surface area contributed by atoms with Crippen LogP contribution in [0.25, 0.3) is 10.8 Å². The molecule has 0 unspecified atom stereocenters. The molecule has 3 aromatic rings. The first-order valence-corrected chi connectivity index (χ1v) is 7.09. The summed E-state index contributed by atoms with van der Waals surface area (Å²) in [6.45, 7) is 0. The Morgan fingerprint density at radius 2 is 1.86 bits per heavy atom. The number of nitrogen functional groups attached to an aromatic ring is 1. The van der Waals surface area contributed by atoms with E-state index in [1.165, 1.54) is 0 Å². The number of ether oxygens (including phenoxy) is 1. The zero-order valence-electron chi connectivity index (χ0n) is 11.0. The molecule has 5 heteroatoms. The first-order valence-electron chi connectivity index (χ1n) is 6.30. The van der Waals surface area contributed by atoms with E-state index in [2.05, 4.69) is 20.9 Å². The molecule has 0 radical (unpaired) electrons. The van der Waals surface area contributed by atoms with Crippen LogP contribution >= 0.6 is 15.9 Å². The average molecular weight is 342 g/mol. The molecular formula is C16H12BrN3O. The summed E-state index contributed by atoms with van der Waals surface area (Å²) in [6.07, 6.45) is 1.58. The Balaban J connectivity index is 1.99. The molecule has 1 aromatic heterocycles. The van der Waals surface area contributed by atoms with Crippen LogP contribution in [0.5, 0.6) is 11.5 Å². The number of nitrogens with one attached hydrogen (secondary N) is 1. The number of aromatic nitrogens is 1. The first-order chi connectivity index (χ1) is 10.1. The second kappa shape index (κ2) is 5.54. The van der Waals surface area contributed by atoms with Gasteiger partial charge < -0.3 is 10.5 Å². The highest BCUT2D eigenvalue weighted by molar-refractivity contribution is 9.10. The van der Waals surface area contributed by atoms with Crippen LogP contribution in [-0.2, 0) is 0 Å². The van der Waals surface area contributed by atoms with E-state index >= 15 is 0 Å². The molecule has 0 aliphatic heterocycles. The summed E-state index contributed by atoms with van der Waals surface area (Å²) < 4.78 is 6.85. The first kappa shape index (κ1) is 13.6. The third kappa shape index (κ3) is 2.87. The van der Waals surface area contributed by atoms with Gasteiger partial charge in [0.25, 0.3) is 0 Å². The minimum absolute atomic E-state index is 0.115. The number of pyridine rings is 1. The summed E-state index contributed by atoms with van der Waals surface area (Å²) in [5.74, 6) is 1.04. The molecular weight excluding hydrogens is 330 g/mol. The van der Waals surface area contributed by atoms with E-state index in [-0.39, 0.29) is 5.84 Å². The van der Waals surface area contributed by atoms with Gasteiger partial charge in [0.05, 0.1) is 0 Å². The van der Waals surface area contributed by atoms with Gasteiger partial charge in [-0.3, -0.25) is 5.41 Å². The second-order valence-electron chi connectivity index (χ2n) is 4.52. The maximum atomic E-state index is 7.53. The number of benzene rings is 2. The van der Waals surface area contributed by atoms with Crippen molar-refractivity contribution in [3.05, 3.63) is 64.9 Å². The van der Waals surface area contributed by atoms with Gasteiger partial charge in [-0.25, -0.2) is 4.98 Å². The fraction of sp³-hybridized carbons (Fsp3) is 0. The third-order valence-electron chi connectivity index (χ3n) is 3.03. The predicted molar refractivity (Wildman–Crippen MR) is 87.0 cm³/mol. The number of nitrogens with two attached hydrogens (primary N) is 1. The predicted octanol–water partition coefficient (Wildman–Crippen LogP) is 4.07. The molecule has 3 rings (SSSR count). The normalized spacial score (nSPS) is 10.5. The molecule has 0 aliphatic carbocycles. The van der Waals surface area contributed by atoms with Gasteiger partial charge >= 0.3 is 0 Å². The van der Waals surface area contributed by atoms with E-state index in [1.54, 1.807) is 18.3 Å². The molecule has 1 heterocycles. The van der Waals surface area contributed by atoms with E-state index in [1.807, 2.05) is 36.4 Å². The molecule has 3 N–H and O–H groups in total. The van der Waals surface area contributed by atoms with E-state index < -0.39 is 0 Å². The highest BCUT2D eigenvalue weighted by Gasteiger charge is 2.08. The maximum absolute atomic E-state index is 7.53. The summed E-state index contributed by atoms with van der Waals surface area (Å²) >= 11 is 3.45. The lowest BCUT2D eigenvalue weighted by Gasteiger charge is -2.10. The van der Waals surface area contributed by atoms with Gasteiger partial charge in [-0.1, -0.05) is 28.1 Å². The van der Waals surface area contributed by atoms with Crippen molar-refractivity contribution >= 4 is 32.5 Å². The molecule has 0 bridgehead atoms. The largest absolute Gasteiger partial charge is 0.455 e. The minimum Gasteiger partial charge on any atom is -0.455 e. The Kier molecular flexibility index (Phi) is 3.58. The number of rotatable bonds is 3. The Morgan fingerprint density at radius 1 is 1.10 bits per heavy atom. The Hall–Kier alpha value is -2.40. The molecule has 104 valence electrons. The quantitative estimate of drug-likeness (QED) is 0.557. The Bertz CT molecular complexity index is 833. The van der Waals surface area contributed by atoms with Crippen LogP contribution in [0.3, 0.4) is 0 Å². The molecule has 21 heavy (non-hydrogen) atoms. The van der Waals surface area contributed by atoms with Crippen molar-refractivity contribution in [2.24, 2.45) is 5.73 Å². The highest BCUT2D eigenvalue weighted by atomic mass is 79.9. The maximum Gasteiger partial charge on any atom is 0.156 e. The van der Waals surface area contributed by atoms with Gasteiger partial charge in [-0.2, -0.15) is 0 Å².